The molecule has 0 aromatic carbocycles. The maximum absolute atomic E-state index is 4.51. The summed E-state index contributed by atoms with van der Waals surface area (Å²) in [7, 11) is 0. The fraction of sp³-hybridized carbons (Fsp3) is 0.571. The van der Waals surface area contributed by atoms with E-state index < -0.39 is 0 Å². The van der Waals surface area contributed by atoms with Crippen LogP contribution in [0.5, 0.6) is 0 Å². The maximum atomic E-state index is 4.51. The van der Waals surface area contributed by atoms with E-state index in [9.17, 15) is 0 Å². The molecule has 5 nitrogen and oxygen atoms in total. The van der Waals surface area contributed by atoms with Crippen LogP contribution in [0.2, 0.25) is 0 Å². The van der Waals surface area contributed by atoms with Crippen LogP contribution in [-0.4, -0.2) is 38.0 Å². The molecule has 1 aliphatic heterocycles. The number of aromatic amines is 1. The van der Waals surface area contributed by atoms with Gasteiger partial charge in [0.05, 0.1) is 5.69 Å². The van der Waals surface area contributed by atoms with E-state index in [4.69, 9.17) is 0 Å². The Morgan fingerprint density at radius 1 is 1.47 bits per heavy atom. The normalized spacial score (nSPS) is 20.2. The van der Waals surface area contributed by atoms with Crippen molar-refractivity contribution < 1.29 is 0 Å². The SMILES string of the molecule is CCn1cc(CN2CCC(c3ccn[nH]3)C2)c(C)n1. The number of hydrogen-bond donors (Lipinski definition) is 1. The van der Waals surface area contributed by atoms with E-state index in [1.165, 1.54) is 17.7 Å². The second kappa shape index (κ2) is 5.17. The first kappa shape index (κ1) is 12.4. The van der Waals surface area contributed by atoms with Gasteiger partial charge in [-0.3, -0.25) is 14.7 Å². The molecule has 0 amide bonds. The molecule has 1 unspecified atom stereocenters. The van der Waals surface area contributed by atoms with Gasteiger partial charge in [0.1, 0.15) is 0 Å². The zero-order valence-electron chi connectivity index (χ0n) is 11.6. The van der Waals surface area contributed by atoms with E-state index in [0.29, 0.717) is 5.92 Å². The topological polar surface area (TPSA) is 49.7 Å². The first-order chi connectivity index (χ1) is 9.26. The van der Waals surface area contributed by atoms with Crippen molar-refractivity contribution in [2.24, 2.45) is 0 Å². The lowest BCUT2D eigenvalue weighted by Gasteiger charge is -2.14. The number of aryl methyl sites for hydroxylation is 2. The quantitative estimate of drug-likeness (QED) is 0.912. The van der Waals surface area contributed by atoms with Gasteiger partial charge in [-0.1, -0.05) is 0 Å². The molecule has 0 aliphatic carbocycles. The van der Waals surface area contributed by atoms with Crippen molar-refractivity contribution in [2.45, 2.75) is 39.3 Å². The highest BCUT2D eigenvalue weighted by Gasteiger charge is 2.25. The van der Waals surface area contributed by atoms with Gasteiger partial charge in [-0.15, -0.1) is 0 Å². The summed E-state index contributed by atoms with van der Waals surface area (Å²) in [5, 5.41) is 11.7. The summed E-state index contributed by atoms with van der Waals surface area (Å²) in [6, 6.07) is 2.09. The van der Waals surface area contributed by atoms with Crippen LogP contribution in [0.4, 0.5) is 0 Å². The minimum absolute atomic E-state index is 0.601. The summed E-state index contributed by atoms with van der Waals surface area (Å²) < 4.78 is 2.02. The van der Waals surface area contributed by atoms with Crippen molar-refractivity contribution in [1.29, 1.82) is 0 Å². The fourth-order valence-electron chi connectivity index (χ4n) is 2.84. The van der Waals surface area contributed by atoms with Crippen LogP contribution in [0.15, 0.2) is 18.5 Å². The number of rotatable bonds is 4. The average molecular weight is 259 g/mol. The molecule has 0 spiro atoms. The van der Waals surface area contributed by atoms with Crippen LogP contribution < -0.4 is 0 Å². The van der Waals surface area contributed by atoms with Gasteiger partial charge in [0.2, 0.25) is 0 Å². The molecule has 5 heteroatoms. The first-order valence-electron chi connectivity index (χ1n) is 7.01. The second-order valence-electron chi connectivity index (χ2n) is 5.33. The van der Waals surface area contributed by atoms with Crippen molar-refractivity contribution in [3.63, 3.8) is 0 Å². The Hall–Kier alpha value is -1.62. The molecule has 0 saturated carbocycles. The molecule has 0 bridgehead atoms. The van der Waals surface area contributed by atoms with Crippen LogP contribution in [-0.2, 0) is 13.1 Å². The molecule has 1 N–H and O–H groups in total. The molecule has 2 aromatic rings. The lowest BCUT2D eigenvalue weighted by Crippen LogP contribution is -2.20. The largest absolute Gasteiger partial charge is 0.298 e. The predicted octanol–water partition coefficient (Wildman–Crippen LogP) is 1.92. The summed E-state index contributed by atoms with van der Waals surface area (Å²) in [5.41, 5.74) is 3.78. The van der Waals surface area contributed by atoms with Crippen molar-refractivity contribution in [3.05, 3.63) is 35.4 Å². The van der Waals surface area contributed by atoms with Gasteiger partial charge < -0.3 is 0 Å². The number of aromatic nitrogens is 4. The highest BCUT2D eigenvalue weighted by atomic mass is 15.3. The van der Waals surface area contributed by atoms with Crippen LogP contribution >= 0.6 is 0 Å². The van der Waals surface area contributed by atoms with Gasteiger partial charge in [0.15, 0.2) is 0 Å². The Balaban J connectivity index is 1.64. The van der Waals surface area contributed by atoms with E-state index in [2.05, 4.69) is 46.3 Å². The Bertz CT molecular complexity index is 528. The molecule has 102 valence electrons. The van der Waals surface area contributed by atoms with E-state index in [0.717, 1.165) is 31.9 Å². The third kappa shape index (κ3) is 2.56. The number of nitrogens with zero attached hydrogens (tertiary/aromatic N) is 4. The van der Waals surface area contributed by atoms with Crippen LogP contribution in [0, 0.1) is 6.92 Å². The Morgan fingerprint density at radius 3 is 3.05 bits per heavy atom. The summed E-state index contributed by atoms with van der Waals surface area (Å²) >= 11 is 0. The standard InChI is InChI=1S/C14H21N5/c1-3-19-10-13(11(2)17-19)9-18-7-5-12(8-18)14-4-6-15-16-14/h4,6,10,12H,3,5,7-9H2,1-2H3,(H,15,16). The molecule has 1 atom stereocenters. The lowest BCUT2D eigenvalue weighted by molar-refractivity contribution is 0.325. The predicted molar refractivity (Wildman–Crippen MR) is 73.9 cm³/mol. The highest BCUT2D eigenvalue weighted by Crippen LogP contribution is 2.26. The molecular weight excluding hydrogens is 238 g/mol. The molecule has 1 aliphatic rings. The van der Waals surface area contributed by atoms with Crippen molar-refractivity contribution >= 4 is 0 Å². The summed E-state index contributed by atoms with van der Waals surface area (Å²) in [6.07, 6.45) is 5.23. The molecule has 19 heavy (non-hydrogen) atoms. The van der Waals surface area contributed by atoms with Crippen molar-refractivity contribution in [1.82, 2.24) is 24.9 Å². The molecule has 2 aromatic heterocycles. The molecule has 3 rings (SSSR count). The molecule has 1 fully saturated rings. The highest BCUT2D eigenvalue weighted by molar-refractivity contribution is 5.16. The summed E-state index contributed by atoms with van der Waals surface area (Å²) in [6.45, 7) is 8.44. The summed E-state index contributed by atoms with van der Waals surface area (Å²) in [5.74, 6) is 0.601. The van der Waals surface area contributed by atoms with E-state index >= 15 is 0 Å². The Labute approximate surface area is 113 Å². The molecular formula is C14H21N5. The molecule has 3 heterocycles. The average Bonchev–Trinajstić information content (AvgIpc) is 3.11. The van der Waals surface area contributed by atoms with Gasteiger partial charge in [-0.2, -0.15) is 10.2 Å². The minimum Gasteiger partial charge on any atom is -0.298 e. The van der Waals surface area contributed by atoms with Gasteiger partial charge in [0, 0.05) is 49.2 Å². The van der Waals surface area contributed by atoms with E-state index in [-0.39, 0.29) is 0 Å². The maximum Gasteiger partial charge on any atom is 0.0638 e. The van der Waals surface area contributed by atoms with Gasteiger partial charge in [0.25, 0.3) is 0 Å². The second-order valence-corrected chi connectivity index (χ2v) is 5.33. The van der Waals surface area contributed by atoms with Crippen LogP contribution in [0.1, 0.15) is 36.2 Å². The molecule has 1 saturated heterocycles. The zero-order valence-corrected chi connectivity index (χ0v) is 11.6. The van der Waals surface area contributed by atoms with Crippen LogP contribution in [0.3, 0.4) is 0 Å². The fourth-order valence-corrected chi connectivity index (χ4v) is 2.84. The lowest BCUT2D eigenvalue weighted by atomic mass is 10.1. The van der Waals surface area contributed by atoms with Crippen LogP contribution in [0.25, 0.3) is 0 Å². The Morgan fingerprint density at radius 2 is 2.37 bits per heavy atom. The monoisotopic (exact) mass is 259 g/mol. The Kier molecular flexibility index (Phi) is 3.38. The third-order valence-corrected chi connectivity index (χ3v) is 4.00. The van der Waals surface area contributed by atoms with Gasteiger partial charge in [-0.05, 0) is 32.9 Å². The van der Waals surface area contributed by atoms with Gasteiger partial charge in [-0.25, -0.2) is 0 Å². The van der Waals surface area contributed by atoms with Crippen molar-refractivity contribution in [3.8, 4) is 0 Å². The summed E-state index contributed by atoms with van der Waals surface area (Å²) in [4.78, 5) is 2.51. The van der Waals surface area contributed by atoms with E-state index in [1.54, 1.807) is 0 Å². The number of hydrogen-bond acceptors (Lipinski definition) is 3. The first-order valence-corrected chi connectivity index (χ1v) is 7.01. The minimum atomic E-state index is 0.601. The zero-order chi connectivity index (χ0) is 13.2. The number of nitrogens with one attached hydrogen (secondary N) is 1. The smallest absolute Gasteiger partial charge is 0.0638 e. The van der Waals surface area contributed by atoms with Crippen molar-refractivity contribution in [2.75, 3.05) is 13.1 Å². The molecule has 0 radical (unpaired) electrons. The number of H-pyrrole nitrogens is 1. The number of likely N-dealkylation sites (tertiary alicyclic amines) is 1. The third-order valence-electron chi connectivity index (χ3n) is 4.00. The van der Waals surface area contributed by atoms with E-state index in [1.807, 2.05) is 10.9 Å². The van der Waals surface area contributed by atoms with Gasteiger partial charge >= 0.3 is 0 Å².